The van der Waals surface area contributed by atoms with E-state index in [1.54, 1.807) is 30.3 Å². The summed E-state index contributed by atoms with van der Waals surface area (Å²) in [5, 5.41) is 3.02. The highest BCUT2D eigenvalue weighted by molar-refractivity contribution is 7.91. The van der Waals surface area contributed by atoms with Gasteiger partial charge in [0.15, 0.2) is 9.84 Å². The zero-order valence-electron chi connectivity index (χ0n) is 14.6. The number of anilines is 1. The number of fused-ring (bicyclic) bond motifs is 1. The van der Waals surface area contributed by atoms with Crippen LogP contribution in [0.2, 0.25) is 0 Å². The Bertz CT molecular complexity index is 1010. The molecule has 136 valence electrons. The summed E-state index contributed by atoms with van der Waals surface area (Å²) in [5.74, 6) is 1.30. The van der Waals surface area contributed by atoms with Crippen LogP contribution in [0.3, 0.4) is 0 Å². The lowest BCUT2D eigenvalue weighted by atomic mass is 10.1. The Kier molecular flexibility index (Phi) is 4.42. The van der Waals surface area contributed by atoms with Crippen LogP contribution in [0.1, 0.15) is 18.2 Å². The fraction of sp³-hybridized carbons (Fsp3) is 0.316. The van der Waals surface area contributed by atoms with Crippen molar-refractivity contribution in [2.24, 2.45) is 0 Å². The summed E-state index contributed by atoms with van der Waals surface area (Å²) < 4.78 is 24.8. The number of imidazole rings is 1. The number of aromatic nitrogens is 2. The van der Waals surface area contributed by atoms with E-state index in [0.29, 0.717) is 10.8 Å². The molecule has 6 nitrogen and oxygen atoms in total. The van der Waals surface area contributed by atoms with Crippen molar-refractivity contribution in [3.63, 3.8) is 0 Å². The minimum absolute atomic E-state index is 0.142. The van der Waals surface area contributed by atoms with Crippen LogP contribution in [-0.4, -0.2) is 49.3 Å². The monoisotopic (exact) mass is 370 g/mol. The standard InChI is InChI=1S/C19H22N4O2S/c1-23-10-9-14(12-23)19-21-17-8-7-15(11-18(17)22-19)20-13-26(24,25)16-5-3-2-4-6-16/h2-8,11,14,20H,9-10,12-13H2,1H3,(H,21,22). The van der Waals surface area contributed by atoms with Gasteiger partial charge in [0.25, 0.3) is 0 Å². The van der Waals surface area contributed by atoms with E-state index < -0.39 is 9.84 Å². The number of sulfone groups is 1. The van der Waals surface area contributed by atoms with E-state index in [1.165, 1.54) is 0 Å². The molecule has 0 amide bonds. The average molecular weight is 370 g/mol. The van der Waals surface area contributed by atoms with Crippen molar-refractivity contribution < 1.29 is 8.42 Å². The topological polar surface area (TPSA) is 78.1 Å². The molecule has 1 aromatic heterocycles. The smallest absolute Gasteiger partial charge is 0.196 e. The Morgan fingerprint density at radius 3 is 2.77 bits per heavy atom. The highest BCUT2D eigenvalue weighted by Crippen LogP contribution is 2.27. The van der Waals surface area contributed by atoms with Crippen LogP contribution in [0.5, 0.6) is 0 Å². The number of hydrogen-bond acceptors (Lipinski definition) is 5. The van der Waals surface area contributed by atoms with E-state index in [4.69, 9.17) is 4.98 Å². The number of nitrogens with one attached hydrogen (secondary N) is 2. The molecule has 2 N–H and O–H groups in total. The highest BCUT2D eigenvalue weighted by atomic mass is 32.2. The van der Waals surface area contributed by atoms with Crippen molar-refractivity contribution >= 4 is 26.6 Å². The molecular formula is C19H22N4O2S. The van der Waals surface area contributed by atoms with Gasteiger partial charge in [-0.05, 0) is 50.3 Å². The molecule has 7 heteroatoms. The second kappa shape index (κ2) is 6.74. The molecule has 26 heavy (non-hydrogen) atoms. The zero-order valence-corrected chi connectivity index (χ0v) is 15.5. The molecular weight excluding hydrogens is 348 g/mol. The predicted octanol–water partition coefficient (Wildman–Crippen LogP) is 2.83. The third-order valence-corrected chi connectivity index (χ3v) is 6.36. The maximum absolute atomic E-state index is 12.4. The van der Waals surface area contributed by atoms with Gasteiger partial charge in [0, 0.05) is 18.2 Å². The molecule has 1 aliphatic heterocycles. The third kappa shape index (κ3) is 3.45. The Morgan fingerprint density at radius 1 is 1.23 bits per heavy atom. The van der Waals surface area contributed by atoms with Gasteiger partial charge in [-0.2, -0.15) is 0 Å². The number of aromatic amines is 1. The first-order valence-corrected chi connectivity index (χ1v) is 10.4. The third-order valence-electron chi connectivity index (χ3n) is 4.85. The lowest BCUT2D eigenvalue weighted by Crippen LogP contribution is -2.14. The maximum Gasteiger partial charge on any atom is 0.196 e. The highest BCUT2D eigenvalue weighted by Gasteiger charge is 2.23. The van der Waals surface area contributed by atoms with Crippen LogP contribution < -0.4 is 5.32 Å². The van der Waals surface area contributed by atoms with Crippen molar-refractivity contribution in [2.75, 3.05) is 31.3 Å². The minimum atomic E-state index is -3.37. The SMILES string of the molecule is CN1CCC(c2nc3ccc(NCS(=O)(=O)c4ccccc4)cc3[nH]2)C1. The van der Waals surface area contributed by atoms with Crippen LogP contribution in [0.25, 0.3) is 11.0 Å². The molecule has 0 radical (unpaired) electrons. The first kappa shape index (κ1) is 17.1. The number of likely N-dealkylation sites (tertiary alicyclic amines) is 1. The van der Waals surface area contributed by atoms with Gasteiger partial charge in [-0.15, -0.1) is 0 Å². The Balaban J connectivity index is 1.51. The molecule has 0 saturated carbocycles. The lowest BCUT2D eigenvalue weighted by molar-refractivity contribution is 0.410. The summed E-state index contributed by atoms with van der Waals surface area (Å²) >= 11 is 0. The molecule has 1 unspecified atom stereocenters. The Hall–Kier alpha value is -2.38. The summed E-state index contributed by atoms with van der Waals surface area (Å²) in [6.45, 7) is 2.10. The molecule has 0 spiro atoms. The van der Waals surface area contributed by atoms with Crippen LogP contribution >= 0.6 is 0 Å². The van der Waals surface area contributed by atoms with Gasteiger partial charge in [0.05, 0.1) is 15.9 Å². The normalized spacial score (nSPS) is 18.4. The van der Waals surface area contributed by atoms with Crippen LogP contribution in [-0.2, 0) is 9.84 Å². The Labute approximate surface area is 153 Å². The first-order chi connectivity index (χ1) is 12.5. The molecule has 3 aromatic rings. The lowest BCUT2D eigenvalue weighted by Gasteiger charge is -2.08. The van der Waals surface area contributed by atoms with E-state index in [0.717, 1.165) is 42.1 Å². The molecule has 1 fully saturated rings. The molecule has 0 aliphatic carbocycles. The van der Waals surface area contributed by atoms with Crippen LogP contribution in [0, 0.1) is 0 Å². The molecule has 1 atom stereocenters. The molecule has 4 rings (SSSR count). The second-order valence-corrected chi connectivity index (χ2v) is 8.84. The summed E-state index contributed by atoms with van der Waals surface area (Å²) in [7, 11) is -1.25. The molecule has 1 aliphatic rings. The van der Waals surface area contributed by atoms with Crippen molar-refractivity contribution in [1.29, 1.82) is 0 Å². The molecule has 0 bridgehead atoms. The average Bonchev–Trinajstić information content (AvgIpc) is 3.26. The molecule has 2 heterocycles. The van der Waals surface area contributed by atoms with Crippen LogP contribution in [0.4, 0.5) is 5.69 Å². The van der Waals surface area contributed by atoms with Crippen molar-refractivity contribution in [1.82, 2.24) is 14.9 Å². The predicted molar refractivity (Wildman–Crippen MR) is 103 cm³/mol. The summed E-state index contributed by atoms with van der Waals surface area (Å²) in [4.78, 5) is 10.7. The largest absolute Gasteiger partial charge is 0.371 e. The second-order valence-electron chi connectivity index (χ2n) is 6.85. The Morgan fingerprint density at radius 2 is 2.04 bits per heavy atom. The maximum atomic E-state index is 12.4. The first-order valence-electron chi connectivity index (χ1n) is 8.71. The minimum Gasteiger partial charge on any atom is -0.371 e. The summed E-state index contributed by atoms with van der Waals surface area (Å²) in [6, 6.07) is 14.2. The van der Waals surface area contributed by atoms with Crippen molar-refractivity contribution in [2.45, 2.75) is 17.2 Å². The number of nitrogens with zero attached hydrogens (tertiary/aromatic N) is 2. The van der Waals surface area contributed by atoms with Gasteiger partial charge in [-0.25, -0.2) is 13.4 Å². The van der Waals surface area contributed by atoms with E-state index in [-0.39, 0.29) is 5.88 Å². The number of likely N-dealkylation sites (N-methyl/N-ethyl adjacent to an activating group) is 1. The fourth-order valence-electron chi connectivity index (χ4n) is 3.38. The quantitative estimate of drug-likeness (QED) is 0.722. The van der Waals surface area contributed by atoms with Gasteiger partial charge in [0.1, 0.15) is 11.7 Å². The van der Waals surface area contributed by atoms with Gasteiger partial charge in [-0.3, -0.25) is 0 Å². The molecule has 1 saturated heterocycles. The van der Waals surface area contributed by atoms with E-state index in [2.05, 4.69) is 22.2 Å². The van der Waals surface area contributed by atoms with E-state index >= 15 is 0 Å². The van der Waals surface area contributed by atoms with Gasteiger partial charge >= 0.3 is 0 Å². The number of benzene rings is 2. The van der Waals surface area contributed by atoms with E-state index in [1.807, 2.05) is 18.2 Å². The van der Waals surface area contributed by atoms with Crippen LogP contribution in [0.15, 0.2) is 53.4 Å². The molecule has 2 aromatic carbocycles. The number of hydrogen-bond donors (Lipinski definition) is 2. The van der Waals surface area contributed by atoms with Gasteiger partial charge in [-0.1, -0.05) is 18.2 Å². The van der Waals surface area contributed by atoms with Crippen molar-refractivity contribution in [3.05, 3.63) is 54.4 Å². The van der Waals surface area contributed by atoms with Gasteiger partial charge in [0.2, 0.25) is 0 Å². The van der Waals surface area contributed by atoms with Gasteiger partial charge < -0.3 is 15.2 Å². The van der Waals surface area contributed by atoms with E-state index in [9.17, 15) is 8.42 Å². The number of rotatable bonds is 5. The van der Waals surface area contributed by atoms with Crippen molar-refractivity contribution in [3.8, 4) is 0 Å². The summed E-state index contributed by atoms with van der Waals surface area (Å²) in [6.07, 6.45) is 1.11. The number of H-pyrrole nitrogens is 1. The summed E-state index contributed by atoms with van der Waals surface area (Å²) in [5.41, 5.74) is 2.60. The fourth-order valence-corrected chi connectivity index (χ4v) is 4.48. The zero-order chi connectivity index (χ0) is 18.1.